The second-order valence-corrected chi connectivity index (χ2v) is 6.23. The summed E-state index contributed by atoms with van der Waals surface area (Å²) in [5.74, 6) is -0.125. The molecule has 5 nitrogen and oxygen atoms in total. The summed E-state index contributed by atoms with van der Waals surface area (Å²) in [6, 6.07) is 9.37. The molecule has 21 heavy (non-hydrogen) atoms. The summed E-state index contributed by atoms with van der Waals surface area (Å²) in [6.07, 6.45) is 1.72. The van der Waals surface area contributed by atoms with E-state index in [1.165, 1.54) is 0 Å². The zero-order valence-corrected chi connectivity index (χ0v) is 12.7. The van der Waals surface area contributed by atoms with Crippen molar-refractivity contribution in [3.05, 3.63) is 42.1 Å². The lowest BCUT2D eigenvalue weighted by atomic mass is 9.87. The van der Waals surface area contributed by atoms with E-state index in [4.69, 9.17) is 5.73 Å². The molecule has 4 N–H and O–H groups in total. The summed E-state index contributed by atoms with van der Waals surface area (Å²) in [7, 11) is 0. The third-order valence-corrected chi connectivity index (χ3v) is 3.45. The van der Waals surface area contributed by atoms with E-state index in [1.807, 2.05) is 51.1 Å². The number of amides is 1. The smallest absolute Gasteiger partial charge is 0.237 e. The van der Waals surface area contributed by atoms with E-state index in [-0.39, 0.29) is 11.3 Å². The third-order valence-electron chi connectivity index (χ3n) is 3.45. The molecule has 1 heterocycles. The van der Waals surface area contributed by atoms with Crippen LogP contribution >= 0.6 is 0 Å². The number of nitrogens with zero attached hydrogens (tertiary/aromatic N) is 1. The molecule has 0 bridgehead atoms. The van der Waals surface area contributed by atoms with Crippen LogP contribution in [0.4, 0.5) is 0 Å². The molecule has 0 aliphatic heterocycles. The minimum atomic E-state index is -0.512. The molecule has 1 amide bonds. The van der Waals surface area contributed by atoms with E-state index in [1.54, 1.807) is 6.20 Å². The normalized spacial score (nSPS) is 13.0. The SMILES string of the molecule is CC(C)(C)[C@H](N)C(=O)NCc1ccc(-c2ccn[nH]2)cc1. The third kappa shape index (κ3) is 3.92. The number of hydrogen-bond acceptors (Lipinski definition) is 3. The summed E-state index contributed by atoms with van der Waals surface area (Å²) in [4.78, 5) is 12.0. The number of aromatic amines is 1. The predicted octanol–water partition coefficient (Wildman–Crippen LogP) is 2.07. The summed E-state index contributed by atoms with van der Waals surface area (Å²) < 4.78 is 0. The van der Waals surface area contributed by atoms with Crippen LogP contribution in [0.3, 0.4) is 0 Å². The number of hydrogen-bond donors (Lipinski definition) is 3. The Morgan fingerprint density at radius 1 is 1.29 bits per heavy atom. The van der Waals surface area contributed by atoms with Gasteiger partial charge in [-0.05, 0) is 22.6 Å². The number of rotatable bonds is 4. The average Bonchev–Trinajstić information content (AvgIpc) is 2.97. The Balaban J connectivity index is 1.94. The van der Waals surface area contributed by atoms with E-state index in [0.717, 1.165) is 16.8 Å². The van der Waals surface area contributed by atoms with E-state index in [2.05, 4.69) is 15.5 Å². The van der Waals surface area contributed by atoms with Crippen LogP contribution in [0, 0.1) is 5.41 Å². The lowest BCUT2D eigenvalue weighted by molar-refractivity contribution is -0.124. The molecule has 0 saturated carbocycles. The van der Waals surface area contributed by atoms with Crippen LogP contribution in [-0.2, 0) is 11.3 Å². The van der Waals surface area contributed by atoms with Crippen LogP contribution in [0.5, 0.6) is 0 Å². The summed E-state index contributed by atoms with van der Waals surface area (Å²) in [5.41, 5.74) is 8.75. The lowest BCUT2D eigenvalue weighted by Gasteiger charge is -2.25. The highest BCUT2D eigenvalue weighted by molar-refractivity contribution is 5.82. The van der Waals surface area contributed by atoms with Crippen LogP contribution in [0.15, 0.2) is 36.5 Å². The molecule has 0 aliphatic carbocycles. The van der Waals surface area contributed by atoms with Gasteiger partial charge in [-0.15, -0.1) is 0 Å². The number of aromatic nitrogens is 2. The first-order valence-corrected chi connectivity index (χ1v) is 7.00. The minimum Gasteiger partial charge on any atom is -0.351 e. The van der Waals surface area contributed by atoms with E-state index < -0.39 is 6.04 Å². The maximum atomic E-state index is 12.0. The molecule has 2 rings (SSSR count). The van der Waals surface area contributed by atoms with Crippen LogP contribution in [-0.4, -0.2) is 22.1 Å². The van der Waals surface area contributed by atoms with Crippen molar-refractivity contribution in [2.24, 2.45) is 11.1 Å². The van der Waals surface area contributed by atoms with Gasteiger partial charge in [0.1, 0.15) is 0 Å². The molecule has 5 heteroatoms. The van der Waals surface area contributed by atoms with Crippen molar-refractivity contribution in [3.63, 3.8) is 0 Å². The van der Waals surface area contributed by atoms with Crippen LogP contribution < -0.4 is 11.1 Å². The lowest BCUT2D eigenvalue weighted by Crippen LogP contribution is -2.48. The molecule has 0 saturated heterocycles. The number of carbonyl (C=O) groups excluding carboxylic acids is 1. The molecule has 1 aromatic carbocycles. The van der Waals surface area contributed by atoms with Gasteiger partial charge in [-0.25, -0.2) is 0 Å². The molecule has 0 aliphatic rings. The van der Waals surface area contributed by atoms with Gasteiger partial charge in [0.15, 0.2) is 0 Å². The Kier molecular flexibility index (Phi) is 4.43. The van der Waals surface area contributed by atoms with Gasteiger partial charge < -0.3 is 11.1 Å². The first-order valence-electron chi connectivity index (χ1n) is 7.00. The second-order valence-electron chi connectivity index (χ2n) is 6.23. The van der Waals surface area contributed by atoms with Gasteiger partial charge in [0.25, 0.3) is 0 Å². The zero-order chi connectivity index (χ0) is 15.5. The Morgan fingerprint density at radius 3 is 2.48 bits per heavy atom. The van der Waals surface area contributed by atoms with Crippen LogP contribution in [0.2, 0.25) is 0 Å². The quantitative estimate of drug-likeness (QED) is 0.804. The van der Waals surface area contributed by atoms with Crippen LogP contribution in [0.1, 0.15) is 26.3 Å². The molecule has 0 unspecified atom stereocenters. The molecule has 0 radical (unpaired) electrons. The molecule has 1 aromatic heterocycles. The zero-order valence-electron chi connectivity index (χ0n) is 12.7. The first kappa shape index (κ1) is 15.3. The van der Waals surface area contributed by atoms with Gasteiger partial charge in [0.2, 0.25) is 5.91 Å². The molecule has 1 atom stereocenters. The summed E-state index contributed by atoms with van der Waals surface area (Å²) >= 11 is 0. The number of benzene rings is 1. The Hall–Kier alpha value is -2.14. The highest BCUT2D eigenvalue weighted by Crippen LogP contribution is 2.18. The largest absolute Gasteiger partial charge is 0.351 e. The van der Waals surface area contributed by atoms with Crippen LogP contribution in [0.25, 0.3) is 11.3 Å². The van der Waals surface area contributed by atoms with Crippen molar-refractivity contribution in [1.29, 1.82) is 0 Å². The molecular formula is C16H22N4O. The van der Waals surface area contributed by atoms with E-state index in [9.17, 15) is 4.79 Å². The predicted molar refractivity (Wildman–Crippen MR) is 83.3 cm³/mol. The van der Waals surface area contributed by atoms with Crippen molar-refractivity contribution in [2.45, 2.75) is 33.4 Å². The Labute approximate surface area is 124 Å². The van der Waals surface area contributed by atoms with Gasteiger partial charge in [0.05, 0.1) is 11.7 Å². The van der Waals surface area contributed by atoms with Crippen molar-refractivity contribution >= 4 is 5.91 Å². The molecule has 0 spiro atoms. The fourth-order valence-electron chi connectivity index (χ4n) is 1.91. The number of nitrogens with two attached hydrogens (primary N) is 1. The van der Waals surface area contributed by atoms with Crippen molar-refractivity contribution < 1.29 is 4.79 Å². The van der Waals surface area contributed by atoms with E-state index in [0.29, 0.717) is 6.54 Å². The highest BCUT2D eigenvalue weighted by Gasteiger charge is 2.26. The van der Waals surface area contributed by atoms with Gasteiger partial charge in [-0.2, -0.15) is 5.10 Å². The fraction of sp³-hybridized carbons (Fsp3) is 0.375. The Bertz CT molecular complexity index is 582. The monoisotopic (exact) mass is 286 g/mol. The van der Waals surface area contributed by atoms with Crippen molar-refractivity contribution in [3.8, 4) is 11.3 Å². The number of nitrogens with one attached hydrogen (secondary N) is 2. The molecule has 2 aromatic rings. The van der Waals surface area contributed by atoms with Gasteiger partial charge in [-0.1, -0.05) is 45.0 Å². The van der Waals surface area contributed by atoms with Gasteiger partial charge >= 0.3 is 0 Å². The molecule has 112 valence electrons. The minimum absolute atomic E-state index is 0.125. The second kappa shape index (κ2) is 6.10. The highest BCUT2D eigenvalue weighted by atomic mass is 16.2. The number of H-pyrrole nitrogens is 1. The maximum Gasteiger partial charge on any atom is 0.237 e. The standard InChI is InChI=1S/C16H22N4O/c1-16(2,3)14(17)15(21)18-10-11-4-6-12(7-5-11)13-8-9-19-20-13/h4-9,14H,10,17H2,1-3H3,(H,18,21)(H,19,20)/t14-/m1/s1. The summed E-state index contributed by atoms with van der Waals surface area (Å²) in [5, 5.41) is 9.72. The summed E-state index contributed by atoms with van der Waals surface area (Å²) in [6.45, 7) is 6.34. The maximum absolute atomic E-state index is 12.0. The Morgan fingerprint density at radius 2 is 1.95 bits per heavy atom. The van der Waals surface area contributed by atoms with Crippen molar-refractivity contribution in [2.75, 3.05) is 0 Å². The topological polar surface area (TPSA) is 83.8 Å². The molecule has 0 fully saturated rings. The first-order chi connectivity index (χ1) is 9.88. The fourth-order valence-corrected chi connectivity index (χ4v) is 1.91. The van der Waals surface area contributed by atoms with Crippen molar-refractivity contribution in [1.82, 2.24) is 15.5 Å². The van der Waals surface area contributed by atoms with E-state index >= 15 is 0 Å². The number of carbonyl (C=O) groups is 1. The average molecular weight is 286 g/mol. The van der Waals surface area contributed by atoms with Gasteiger partial charge in [-0.3, -0.25) is 9.89 Å². The molecular weight excluding hydrogens is 264 g/mol. The van der Waals surface area contributed by atoms with Gasteiger partial charge in [0, 0.05) is 12.7 Å².